The maximum absolute atomic E-state index is 12.9. The van der Waals surface area contributed by atoms with Crippen molar-refractivity contribution in [1.29, 1.82) is 0 Å². The summed E-state index contributed by atoms with van der Waals surface area (Å²) in [6, 6.07) is 6.84. The Morgan fingerprint density at radius 2 is 1.96 bits per heavy atom. The van der Waals surface area contributed by atoms with Gasteiger partial charge in [0.25, 0.3) is 5.56 Å². The van der Waals surface area contributed by atoms with Crippen molar-refractivity contribution in [2.24, 2.45) is 14.1 Å². The molecular formula is C17H14BrN5O4. The number of imidazole rings is 1. The van der Waals surface area contributed by atoms with Gasteiger partial charge in [-0.3, -0.25) is 13.9 Å². The highest BCUT2D eigenvalue weighted by atomic mass is 79.9. The molecule has 0 saturated heterocycles. The molecule has 138 valence electrons. The van der Waals surface area contributed by atoms with Gasteiger partial charge in [-0.05, 0) is 24.3 Å². The summed E-state index contributed by atoms with van der Waals surface area (Å²) in [6.45, 7) is -0.175. The Morgan fingerprint density at radius 3 is 2.67 bits per heavy atom. The van der Waals surface area contributed by atoms with Gasteiger partial charge in [-0.15, -0.1) is 0 Å². The predicted molar refractivity (Wildman–Crippen MR) is 102 cm³/mol. The molecule has 0 aliphatic carbocycles. The highest BCUT2D eigenvalue weighted by Crippen LogP contribution is 2.24. The third-order valence-electron chi connectivity index (χ3n) is 4.55. The summed E-state index contributed by atoms with van der Waals surface area (Å²) in [4.78, 5) is 41.4. The van der Waals surface area contributed by atoms with E-state index in [0.29, 0.717) is 16.6 Å². The van der Waals surface area contributed by atoms with Crippen molar-refractivity contribution in [3.8, 4) is 0 Å². The number of nitrogens with zero attached hydrogens (tertiary/aromatic N) is 5. The molecule has 4 rings (SSSR count). The van der Waals surface area contributed by atoms with Gasteiger partial charge in [-0.1, -0.05) is 15.9 Å². The Bertz CT molecular complexity index is 1360. The highest BCUT2D eigenvalue weighted by molar-refractivity contribution is 9.10. The first kappa shape index (κ1) is 17.3. The van der Waals surface area contributed by atoms with Gasteiger partial charge in [0.2, 0.25) is 0 Å². The summed E-state index contributed by atoms with van der Waals surface area (Å²) >= 11 is 3.36. The predicted octanol–water partition coefficient (Wildman–Crippen LogP) is 1.73. The molecule has 1 aromatic carbocycles. The van der Waals surface area contributed by atoms with Crippen LogP contribution < -0.4 is 11.2 Å². The zero-order valence-electron chi connectivity index (χ0n) is 14.4. The van der Waals surface area contributed by atoms with E-state index in [0.717, 1.165) is 13.6 Å². The lowest BCUT2D eigenvalue weighted by atomic mass is 10.2. The van der Waals surface area contributed by atoms with Crippen molar-refractivity contribution in [2.75, 3.05) is 0 Å². The number of fused-ring (bicyclic) bond motifs is 2. The second-order valence-corrected chi connectivity index (χ2v) is 7.13. The summed E-state index contributed by atoms with van der Waals surface area (Å²) in [7, 11) is 3.19. The third kappa shape index (κ3) is 2.52. The number of benzene rings is 1. The van der Waals surface area contributed by atoms with Gasteiger partial charge in [0, 0.05) is 24.0 Å². The third-order valence-corrected chi connectivity index (χ3v) is 5.05. The fourth-order valence-corrected chi connectivity index (χ4v) is 3.66. The van der Waals surface area contributed by atoms with Crippen molar-refractivity contribution < 1.29 is 9.90 Å². The maximum atomic E-state index is 12.9. The molecule has 0 radical (unpaired) electrons. The lowest BCUT2D eigenvalue weighted by Gasteiger charge is -2.10. The number of carboxylic acid groups (broad SMARTS) is 1. The maximum Gasteiger partial charge on any atom is 0.416 e. The average Bonchev–Trinajstić information content (AvgIpc) is 3.16. The van der Waals surface area contributed by atoms with Crippen LogP contribution in [0.1, 0.15) is 5.69 Å². The highest BCUT2D eigenvalue weighted by Gasteiger charge is 2.19. The SMILES string of the molecule is Cn1cnc2c1c(=O)n(Cc1cc3cc(Br)ccc3n1C(=O)O)c(=O)n2C. The van der Waals surface area contributed by atoms with Crippen molar-refractivity contribution in [1.82, 2.24) is 23.3 Å². The first-order valence-electron chi connectivity index (χ1n) is 7.93. The molecule has 4 aromatic rings. The van der Waals surface area contributed by atoms with E-state index in [1.165, 1.54) is 22.5 Å². The first-order valence-corrected chi connectivity index (χ1v) is 8.73. The Kier molecular flexibility index (Phi) is 3.81. The molecule has 10 heteroatoms. The topological polar surface area (TPSA) is 104 Å². The number of carbonyl (C=O) groups is 1. The van der Waals surface area contributed by atoms with Crippen molar-refractivity contribution in [3.63, 3.8) is 0 Å². The number of halogens is 1. The quantitative estimate of drug-likeness (QED) is 0.520. The van der Waals surface area contributed by atoms with Crippen LogP contribution in [0.15, 0.2) is 44.7 Å². The fraction of sp³-hybridized carbons (Fsp3) is 0.176. The molecular weight excluding hydrogens is 418 g/mol. The van der Waals surface area contributed by atoms with Crippen LogP contribution in [0.5, 0.6) is 0 Å². The minimum atomic E-state index is -1.19. The van der Waals surface area contributed by atoms with E-state index in [1.807, 2.05) is 0 Å². The van der Waals surface area contributed by atoms with Crippen LogP contribution in [0.25, 0.3) is 22.1 Å². The number of aromatic nitrogens is 5. The average molecular weight is 432 g/mol. The van der Waals surface area contributed by atoms with Crippen molar-refractivity contribution in [2.45, 2.75) is 6.54 Å². The molecule has 0 fully saturated rings. The molecule has 9 nitrogen and oxygen atoms in total. The molecule has 0 bridgehead atoms. The molecule has 1 N–H and O–H groups in total. The van der Waals surface area contributed by atoms with Crippen LogP contribution in [0, 0.1) is 0 Å². The van der Waals surface area contributed by atoms with E-state index < -0.39 is 17.3 Å². The molecule has 27 heavy (non-hydrogen) atoms. The number of hydrogen-bond acceptors (Lipinski definition) is 4. The smallest absolute Gasteiger partial charge is 0.416 e. The van der Waals surface area contributed by atoms with E-state index in [2.05, 4.69) is 20.9 Å². The Hall–Kier alpha value is -3.14. The lowest BCUT2D eigenvalue weighted by Crippen LogP contribution is -2.40. The number of aryl methyl sites for hydroxylation is 2. The molecule has 3 aromatic heterocycles. The van der Waals surface area contributed by atoms with Crippen molar-refractivity contribution in [3.05, 3.63) is 61.6 Å². The van der Waals surface area contributed by atoms with Crippen LogP contribution in [0.4, 0.5) is 4.79 Å². The van der Waals surface area contributed by atoms with E-state index in [-0.39, 0.29) is 17.7 Å². The van der Waals surface area contributed by atoms with Gasteiger partial charge in [-0.2, -0.15) is 0 Å². The zero-order chi connectivity index (χ0) is 19.5. The molecule has 0 unspecified atom stereocenters. The minimum absolute atomic E-state index is 0.175. The first-order chi connectivity index (χ1) is 12.8. The molecule has 0 spiro atoms. The van der Waals surface area contributed by atoms with Gasteiger partial charge in [-0.25, -0.2) is 19.1 Å². The van der Waals surface area contributed by atoms with E-state index in [1.54, 1.807) is 31.3 Å². The standard InChI is InChI=1S/C17H14BrN5O4/c1-20-8-19-14-13(20)15(24)22(16(25)21(14)2)7-11-6-9-5-10(18)3-4-12(9)23(11)17(26)27/h3-6,8H,7H2,1-2H3,(H,26,27). The van der Waals surface area contributed by atoms with Crippen LogP contribution in [0.2, 0.25) is 0 Å². The van der Waals surface area contributed by atoms with Crippen LogP contribution in [-0.4, -0.2) is 34.5 Å². The molecule has 0 amide bonds. The fourth-order valence-electron chi connectivity index (χ4n) is 3.28. The number of hydrogen-bond donors (Lipinski definition) is 1. The second kappa shape index (κ2) is 5.95. The molecule has 0 aliphatic heterocycles. The monoisotopic (exact) mass is 431 g/mol. The van der Waals surface area contributed by atoms with Gasteiger partial charge in [0.1, 0.15) is 0 Å². The summed E-state index contributed by atoms with van der Waals surface area (Å²) in [5.41, 5.74) is 0.277. The van der Waals surface area contributed by atoms with E-state index >= 15 is 0 Å². The largest absolute Gasteiger partial charge is 0.464 e. The van der Waals surface area contributed by atoms with Gasteiger partial charge in [0.15, 0.2) is 11.2 Å². The minimum Gasteiger partial charge on any atom is -0.464 e. The van der Waals surface area contributed by atoms with Crippen LogP contribution >= 0.6 is 15.9 Å². The zero-order valence-corrected chi connectivity index (χ0v) is 16.0. The van der Waals surface area contributed by atoms with Gasteiger partial charge >= 0.3 is 11.8 Å². The Labute approximate surface area is 159 Å². The second-order valence-electron chi connectivity index (χ2n) is 6.22. The molecule has 0 aliphatic rings. The van der Waals surface area contributed by atoms with Gasteiger partial charge < -0.3 is 9.67 Å². The Morgan fingerprint density at radius 1 is 1.22 bits per heavy atom. The van der Waals surface area contributed by atoms with E-state index in [9.17, 15) is 19.5 Å². The molecule has 0 saturated carbocycles. The normalized spacial score (nSPS) is 11.5. The lowest BCUT2D eigenvalue weighted by molar-refractivity contribution is 0.196. The summed E-state index contributed by atoms with van der Waals surface area (Å²) in [6.07, 6.45) is 0.274. The van der Waals surface area contributed by atoms with E-state index in [4.69, 9.17) is 0 Å². The van der Waals surface area contributed by atoms with Gasteiger partial charge in [0.05, 0.1) is 24.1 Å². The molecule has 0 atom stereocenters. The summed E-state index contributed by atoms with van der Waals surface area (Å²) in [5.74, 6) is 0. The van der Waals surface area contributed by atoms with Crippen LogP contribution in [0.3, 0.4) is 0 Å². The number of rotatable bonds is 2. The Balaban J connectivity index is 1.99. The molecule has 3 heterocycles. The van der Waals surface area contributed by atoms with Crippen LogP contribution in [-0.2, 0) is 20.6 Å². The summed E-state index contributed by atoms with van der Waals surface area (Å²) < 4.78 is 5.72. The summed E-state index contributed by atoms with van der Waals surface area (Å²) in [5, 5.41) is 10.3. The van der Waals surface area contributed by atoms with Crippen molar-refractivity contribution >= 4 is 44.1 Å².